The fourth-order valence-corrected chi connectivity index (χ4v) is 2.84. The summed E-state index contributed by atoms with van der Waals surface area (Å²) in [5, 5.41) is 39.0. The largest absolute Gasteiger partial charge is 0.492 e. The predicted molar refractivity (Wildman–Crippen MR) is 107 cm³/mol. The van der Waals surface area contributed by atoms with Gasteiger partial charge in [0.15, 0.2) is 0 Å². The molecule has 4 atom stereocenters. The maximum absolute atomic E-state index is 9.98. The van der Waals surface area contributed by atoms with Crippen LogP contribution in [0.5, 0.6) is 5.75 Å². The Morgan fingerprint density at radius 2 is 1.48 bits per heavy atom. The molecule has 6 nitrogen and oxygen atoms in total. The third kappa shape index (κ3) is 7.52. The van der Waals surface area contributed by atoms with E-state index in [1.54, 1.807) is 0 Å². The van der Waals surface area contributed by atoms with E-state index < -0.39 is 24.7 Å². The normalized spacial score (nSPS) is 16.0. The lowest BCUT2D eigenvalue weighted by atomic mass is 10.1. The number of aliphatic hydroxyl groups is 4. The molecule has 1 aromatic carbocycles. The van der Waals surface area contributed by atoms with Gasteiger partial charge in [0, 0.05) is 18.1 Å². The molecule has 0 aliphatic carbocycles. The van der Waals surface area contributed by atoms with Crippen molar-refractivity contribution in [3.8, 4) is 5.75 Å². The van der Waals surface area contributed by atoms with Crippen molar-refractivity contribution in [3.05, 3.63) is 29.3 Å². The molecule has 1 aromatic rings. The van der Waals surface area contributed by atoms with Crippen molar-refractivity contribution in [2.45, 2.75) is 50.0 Å². The highest BCUT2D eigenvalue weighted by molar-refractivity contribution is 7.79. The minimum Gasteiger partial charge on any atom is -0.492 e. The molecule has 0 bridgehead atoms. The molecule has 1 rings (SSSR count). The molecular formula is C16H28ClNO5S2. The summed E-state index contributed by atoms with van der Waals surface area (Å²) in [7, 11) is 0. The number of nitrogens with zero attached hydrogens (tertiary/aromatic N) is 1. The average molecular weight is 414 g/mol. The fourth-order valence-electron chi connectivity index (χ4n) is 2.24. The number of rotatable bonds is 10. The Hall–Kier alpha value is -0.190. The molecule has 0 aromatic heterocycles. The van der Waals surface area contributed by atoms with Gasteiger partial charge in [-0.25, -0.2) is 4.90 Å². The summed E-state index contributed by atoms with van der Waals surface area (Å²) in [5.41, 5.74) is 2.10. The van der Waals surface area contributed by atoms with E-state index in [1.807, 2.05) is 18.2 Å². The van der Waals surface area contributed by atoms with Crippen molar-refractivity contribution in [1.29, 1.82) is 0 Å². The van der Waals surface area contributed by atoms with Gasteiger partial charge in [0.1, 0.15) is 24.8 Å². The van der Waals surface area contributed by atoms with Gasteiger partial charge in [-0.2, -0.15) is 25.3 Å². The molecule has 9 heteroatoms. The summed E-state index contributed by atoms with van der Waals surface area (Å²) < 4.78 is 5.65. The van der Waals surface area contributed by atoms with E-state index in [2.05, 4.69) is 25.3 Å². The van der Waals surface area contributed by atoms with Crippen LogP contribution in [-0.2, 0) is 11.5 Å². The summed E-state index contributed by atoms with van der Waals surface area (Å²) in [5.74, 6) is 1.83. The first-order valence-electron chi connectivity index (χ1n) is 7.76. The molecular weight excluding hydrogens is 386 g/mol. The van der Waals surface area contributed by atoms with Crippen molar-refractivity contribution >= 4 is 37.7 Å². The maximum atomic E-state index is 9.98. The summed E-state index contributed by atoms with van der Waals surface area (Å²) in [6.45, 7) is 3.10. The standard InChI is InChI=1S/C16H27NO5S2.ClH/c1-10(18)15(20)17(16(21)11(2)19)5-6-22-14-4-3-12(8-23)13(7-14)9-24;/h3-4,7,10-11,15-16,18-21,23-24H,5-6,8-9H2,1-2H3;1H. The van der Waals surface area contributed by atoms with Crippen molar-refractivity contribution < 1.29 is 25.2 Å². The molecule has 0 spiro atoms. The highest BCUT2D eigenvalue weighted by Gasteiger charge is 2.29. The van der Waals surface area contributed by atoms with Crippen molar-refractivity contribution in [1.82, 2.24) is 4.90 Å². The molecule has 0 aliphatic heterocycles. The van der Waals surface area contributed by atoms with E-state index in [0.29, 0.717) is 17.3 Å². The summed E-state index contributed by atoms with van der Waals surface area (Å²) >= 11 is 8.55. The summed E-state index contributed by atoms with van der Waals surface area (Å²) in [6, 6.07) is 5.61. The summed E-state index contributed by atoms with van der Waals surface area (Å²) in [6.07, 6.45) is -4.77. The SMILES string of the molecule is CC(O)C(O)N(CCOc1ccc(CS)c(CS)c1)C(O)C(C)O.Cl. The Balaban J connectivity index is 0.00000576. The number of aliphatic hydroxyl groups excluding tert-OH is 4. The van der Waals surface area contributed by atoms with Crippen LogP contribution in [-0.4, -0.2) is 63.1 Å². The van der Waals surface area contributed by atoms with Crippen LogP contribution in [0.25, 0.3) is 0 Å². The van der Waals surface area contributed by atoms with Gasteiger partial charge < -0.3 is 25.2 Å². The molecule has 4 N–H and O–H groups in total. The van der Waals surface area contributed by atoms with Crippen LogP contribution in [0.3, 0.4) is 0 Å². The van der Waals surface area contributed by atoms with Gasteiger partial charge in [-0.05, 0) is 37.1 Å². The van der Waals surface area contributed by atoms with Gasteiger partial charge in [-0.1, -0.05) is 6.07 Å². The van der Waals surface area contributed by atoms with Crippen LogP contribution in [0.1, 0.15) is 25.0 Å². The van der Waals surface area contributed by atoms with E-state index in [-0.39, 0.29) is 25.6 Å². The zero-order valence-corrected chi connectivity index (χ0v) is 16.9. The number of hydrogen-bond acceptors (Lipinski definition) is 8. The lowest BCUT2D eigenvalue weighted by Gasteiger charge is -2.34. The fraction of sp³-hybridized carbons (Fsp3) is 0.625. The first-order chi connectivity index (χ1) is 11.3. The number of ether oxygens (including phenoxy) is 1. The van der Waals surface area contributed by atoms with Crippen LogP contribution in [0.15, 0.2) is 18.2 Å². The number of hydrogen-bond donors (Lipinski definition) is 6. The van der Waals surface area contributed by atoms with Gasteiger partial charge >= 0.3 is 0 Å². The molecule has 0 amide bonds. The lowest BCUT2D eigenvalue weighted by molar-refractivity contribution is -0.173. The Labute approximate surface area is 166 Å². The van der Waals surface area contributed by atoms with E-state index >= 15 is 0 Å². The van der Waals surface area contributed by atoms with Crippen LogP contribution in [0.4, 0.5) is 0 Å². The Morgan fingerprint density at radius 1 is 0.960 bits per heavy atom. The minimum atomic E-state index is -1.31. The molecule has 0 radical (unpaired) electrons. The second-order valence-corrected chi connectivity index (χ2v) is 6.27. The lowest BCUT2D eigenvalue weighted by Crippen LogP contribution is -2.53. The van der Waals surface area contributed by atoms with Crippen molar-refractivity contribution in [2.75, 3.05) is 13.2 Å². The highest BCUT2D eigenvalue weighted by Crippen LogP contribution is 2.21. The predicted octanol–water partition coefficient (Wildman–Crippen LogP) is 1.05. The zero-order chi connectivity index (χ0) is 18.3. The smallest absolute Gasteiger partial charge is 0.135 e. The number of halogens is 1. The van der Waals surface area contributed by atoms with E-state index in [1.165, 1.54) is 18.7 Å². The van der Waals surface area contributed by atoms with Crippen molar-refractivity contribution in [2.24, 2.45) is 0 Å². The van der Waals surface area contributed by atoms with E-state index in [0.717, 1.165) is 11.1 Å². The first-order valence-corrected chi connectivity index (χ1v) is 9.02. The van der Waals surface area contributed by atoms with Gasteiger partial charge in [-0.15, -0.1) is 12.4 Å². The topological polar surface area (TPSA) is 93.4 Å². The third-order valence-corrected chi connectivity index (χ3v) is 4.36. The average Bonchev–Trinajstić information content (AvgIpc) is 2.57. The van der Waals surface area contributed by atoms with E-state index in [9.17, 15) is 20.4 Å². The maximum Gasteiger partial charge on any atom is 0.135 e. The summed E-state index contributed by atoms with van der Waals surface area (Å²) in [4.78, 5) is 1.19. The zero-order valence-electron chi connectivity index (χ0n) is 14.3. The second-order valence-electron chi connectivity index (χ2n) is 5.64. The molecule has 0 saturated carbocycles. The molecule has 0 heterocycles. The Bertz CT molecular complexity index is 493. The molecule has 0 aliphatic rings. The Morgan fingerprint density at radius 3 is 1.92 bits per heavy atom. The van der Waals surface area contributed by atoms with Gasteiger partial charge in [-0.3, -0.25) is 0 Å². The number of benzene rings is 1. The van der Waals surface area contributed by atoms with E-state index in [4.69, 9.17) is 4.74 Å². The minimum absolute atomic E-state index is 0. The van der Waals surface area contributed by atoms with Gasteiger partial charge in [0.2, 0.25) is 0 Å². The molecule has 0 fully saturated rings. The van der Waals surface area contributed by atoms with Crippen LogP contribution in [0.2, 0.25) is 0 Å². The van der Waals surface area contributed by atoms with Gasteiger partial charge in [0.25, 0.3) is 0 Å². The Kier molecular flexibility index (Phi) is 12.1. The van der Waals surface area contributed by atoms with Crippen molar-refractivity contribution in [3.63, 3.8) is 0 Å². The highest BCUT2D eigenvalue weighted by atomic mass is 35.5. The van der Waals surface area contributed by atoms with Crippen LogP contribution < -0.4 is 4.74 Å². The quantitative estimate of drug-likeness (QED) is 0.254. The monoisotopic (exact) mass is 413 g/mol. The number of thiol groups is 2. The second kappa shape index (κ2) is 12.2. The molecule has 0 saturated heterocycles. The molecule has 146 valence electrons. The van der Waals surface area contributed by atoms with Crippen LogP contribution in [0, 0.1) is 0 Å². The molecule has 4 unspecified atom stereocenters. The third-order valence-electron chi connectivity index (χ3n) is 3.68. The van der Waals surface area contributed by atoms with Crippen LogP contribution >= 0.6 is 37.7 Å². The first kappa shape index (κ1) is 24.8. The molecule has 25 heavy (non-hydrogen) atoms. The van der Waals surface area contributed by atoms with Gasteiger partial charge in [0.05, 0.1) is 12.2 Å².